The number of aryl methyl sites for hydroxylation is 1. The van der Waals surface area contributed by atoms with E-state index in [-0.39, 0.29) is 10.8 Å². The zero-order valence-electron chi connectivity index (χ0n) is 13.5. The van der Waals surface area contributed by atoms with E-state index in [1.54, 1.807) is 37.3 Å². The number of sulfone groups is 1. The first kappa shape index (κ1) is 16.8. The average Bonchev–Trinajstić information content (AvgIpc) is 3.10. The van der Waals surface area contributed by atoms with Crippen molar-refractivity contribution < 1.29 is 13.2 Å². The van der Waals surface area contributed by atoms with Gasteiger partial charge in [-0.1, -0.05) is 12.1 Å². The van der Waals surface area contributed by atoms with Crippen molar-refractivity contribution in [1.82, 2.24) is 20.2 Å². The Hall–Kier alpha value is -3.07. The van der Waals surface area contributed by atoms with Gasteiger partial charge in [-0.2, -0.15) is 0 Å². The number of carbonyl (C=O) groups excluding carboxylic acids is 1. The van der Waals surface area contributed by atoms with Gasteiger partial charge in [0.05, 0.1) is 10.6 Å². The molecule has 1 aromatic heterocycles. The first-order chi connectivity index (χ1) is 11.8. The molecule has 0 fully saturated rings. The van der Waals surface area contributed by atoms with Gasteiger partial charge < -0.3 is 5.32 Å². The predicted molar refractivity (Wildman–Crippen MR) is 91.4 cm³/mol. The maximum absolute atomic E-state index is 12.5. The Morgan fingerprint density at radius 1 is 1.16 bits per heavy atom. The van der Waals surface area contributed by atoms with Gasteiger partial charge in [0, 0.05) is 17.5 Å². The van der Waals surface area contributed by atoms with Gasteiger partial charge in [0.25, 0.3) is 5.91 Å². The minimum Gasteiger partial charge on any atom is -0.322 e. The van der Waals surface area contributed by atoms with Gasteiger partial charge in [0.2, 0.25) is 0 Å². The van der Waals surface area contributed by atoms with E-state index in [1.165, 1.54) is 23.1 Å². The van der Waals surface area contributed by atoms with Crippen LogP contribution < -0.4 is 5.32 Å². The van der Waals surface area contributed by atoms with Crippen molar-refractivity contribution in [3.8, 4) is 5.69 Å². The zero-order chi connectivity index (χ0) is 18.0. The SMILES string of the molecule is Cc1ccc(S(C)(=O)=O)cc1NC(=O)c1cccc(-n2cnnn2)c1. The third-order valence-corrected chi connectivity index (χ3v) is 4.72. The number of nitrogens with one attached hydrogen (secondary N) is 1. The van der Waals surface area contributed by atoms with E-state index in [1.807, 2.05) is 0 Å². The van der Waals surface area contributed by atoms with Crippen molar-refractivity contribution in [3.05, 3.63) is 59.9 Å². The van der Waals surface area contributed by atoms with E-state index < -0.39 is 9.84 Å². The molecule has 0 saturated heterocycles. The van der Waals surface area contributed by atoms with Crippen LogP contribution in [0.2, 0.25) is 0 Å². The molecule has 128 valence electrons. The summed E-state index contributed by atoms with van der Waals surface area (Å²) in [5.41, 5.74) is 2.24. The van der Waals surface area contributed by atoms with Gasteiger partial charge in [0.15, 0.2) is 9.84 Å². The summed E-state index contributed by atoms with van der Waals surface area (Å²) >= 11 is 0. The fraction of sp³-hybridized carbons (Fsp3) is 0.125. The Kier molecular flexibility index (Phi) is 4.32. The van der Waals surface area contributed by atoms with Gasteiger partial charge in [-0.05, 0) is 53.2 Å². The van der Waals surface area contributed by atoms with Gasteiger partial charge in [-0.25, -0.2) is 13.1 Å². The minimum atomic E-state index is -3.36. The maximum atomic E-state index is 12.5. The number of aromatic nitrogens is 4. The van der Waals surface area contributed by atoms with Gasteiger partial charge in [0.1, 0.15) is 6.33 Å². The highest BCUT2D eigenvalue weighted by Crippen LogP contribution is 2.21. The van der Waals surface area contributed by atoms with Crippen LogP contribution in [0.4, 0.5) is 5.69 Å². The number of benzene rings is 2. The molecule has 0 radical (unpaired) electrons. The molecule has 1 amide bonds. The molecule has 8 nitrogen and oxygen atoms in total. The second-order valence-corrected chi connectivity index (χ2v) is 7.52. The van der Waals surface area contributed by atoms with E-state index >= 15 is 0 Å². The monoisotopic (exact) mass is 357 g/mol. The molecule has 0 aliphatic heterocycles. The topological polar surface area (TPSA) is 107 Å². The van der Waals surface area contributed by atoms with Gasteiger partial charge in [-0.15, -0.1) is 5.10 Å². The van der Waals surface area contributed by atoms with Crippen LogP contribution in [-0.4, -0.2) is 40.8 Å². The van der Waals surface area contributed by atoms with Crippen molar-refractivity contribution >= 4 is 21.4 Å². The van der Waals surface area contributed by atoms with E-state index in [0.717, 1.165) is 11.8 Å². The highest BCUT2D eigenvalue weighted by atomic mass is 32.2. The summed E-state index contributed by atoms with van der Waals surface area (Å²) in [6, 6.07) is 11.4. The predicted octanol–water partition coefficient (Wildman–Crippen LogP) is 1.63. The largest absolute Gasteiger partial charge is 0.322 e. The van der Waals surface area contributed by atoms with Gasteiger partial charge in [-0.3, -0.25) is 4.79 Å². The summed E-state index contributed by atoms with van der Waals surface area (Å²) in [6.45, 7) is 1.79. The van der Waals surface area contributed by atoms with Crippen LogP contribution in [0.15, 0.2) is 53.7 Å². The van der Waals surface area contributed by atoms with Crippen molar-refractivity contribution in [3.63, 3.8) is 0 Å². The molecule has 1 N–H and O–H groups in total. The summed E-state index contributed by atoms with van der Waals surface area (Å²) in [6.07, 6.45) is 2.55. The molecule has 3 aromatic rings. The Bertz CT molecular complexity index is 1030. The van der Waals surface area contributed by atoms with Crippen LogP contribution in [0.3, 0.4) is 0 Å². The number of anilines is 1. The normalized spacial score (nSPS) is 11.3. The second kappa shape index (κ2) is 6.44. The molecule has 0 aliphatic carbocycles. The van der Waals surface area contributed by atoms with Crippen LogP contribution in [0.1, 0.15) is 15.9 Å². The van der Waals surface area contributed by atoms with E-state index in [0.29, 0.717) is 16.9 Å². The number of carbonyl (C=O) groups is 1. The number of hydrogen-bond acceptors (Lipinski definition) is 6. The number of hydrogen-bond donors (Lipinski definition) is 1. The lowest BCUT2D eigenvalue weighted by molar-refractivity contribution is 0.102. The molecule has 1 heterocycles. The van der Waals surface area contributed by atoms with Crippen LogP contribution >= 0.6 is 0 Å². The van der Waals surface area contributed by atoms with Crippen molar-refractivity contribution in [2.24, 2.45) is 0 Å². The molecule has 0 unspecified atom stereocenters. The highest BCUT2D eigenvalue weighted by Gasteiger charge is 2.13. The van der Waals surface area contributed by atoms with Crippen molar-refractivity contribution in [2.45, 2.75) is 11.8 Å². The lowest BCUT2D eigenvalue weighted by Crippen LogP contribution is -2.14. The van der Waals surface area contributed by atoms with E-state index in [2.05, 4.69) is 20.8 Å². The molecular formula is C16H15N5O3S. The quantitative estimate of drug-likeness (QED) is 0.760. The second-order valence-electron chi connectivity index (χ2n) is 5.51. The molecule has 0 bridgehead atoms. The average molecular weight is 357 g/mol. The molecule has 0 atom stereocenters. The lowest BCUT2D eigenvalue weighted by atomic mass is 10.1. The first-order valence-electron chi connectivity index (χ1n) is 7.30. The molecule has 0 aliphatic rings. The molecule has 0 saturated carbocycles. The van der Waals surface area contributed by atoms with E-state index in [4.69, 9.17) is 0 Å². The molecule has 0 spiro atoms. The van der Waals surface area contributed by atoms with Crippen molar-refractivity contribution in [1.29, 1.82) is 0 Å². The molecule has 3 rings (SSSR count). The fourth-order valence-electron chi connectivity index (χ4n) is 2.23. The Morgan fingerprint density at radius 3 is 2.64 bits per heavy atom. The Morgan fingerprint density at radius 2 is 1.96 bits per heavy atom. The summed E-state index contributed by atoms with van der Waals surface area (Å²) in [4.78, 5) is 12.7. The summed E-state index contributed by atoms with van der Waals surface area (Å²) in [5.74, 6) is -0.358. The minimum absolute atomic E-state index is 0.149. The van der Waals surface area contributed by atoms with Crippen molar-refractivity contribution in [2.75, 3.05) is 11.6 Å². The fourth-order valence-corrected chi connectivity index (χ4v) is 2.88. The third-order valence-electron chi connectivity index (χ3n) is 3.61. The Balaban J connectivity index is 1.89. The molecular weight excluding hydrogens is 342 g/mol. The smallest absolute Gasteiger partial charge is 0.255 e. The van der Waals surface area contributed by atoms with Crippen LogP contribution in [0, 0.1) is 6.92 Å². The Labute approximate surface area is 144 Å². The molecule has 25 heavy (non-hydrogen) atoms. The number of amides is 1. The number of rotatable bonds is 4. The van der Waals surface area contributed by atoms with Crippen LogP contribution in [0.25, 0.3) is 5.69 Å². The number of nitrogens with zero attached hydrogens (tertiary/aromatic N) is 4. The summed E-state index contributed by atoms with van der Waals surface area (Å²) in [7, 11) is -3.36. The van der Waals surface area contributed by atoms with Crippen LogP contribution in [-0.2, 0) is 9.84 Å². The van der Waals surface area contributed by atoms with Crippen LogP contribution in [0.5, 0.6) is 0 Å². The highest BCUT2D eigenvalue weighted by molar-refractivity contribution is 7.90. The molecule has 9 heteroatoms. The number of tetrazole rings is 1. The first-order valence-corrected chi connectivity index (χ1v) is 9.19. The molecule has 2 aromatic carbocycles. The lowest BCUT2D eigenvalue weighted by Gasteiger charge is -2.11. The standard InChI is InChI=1S/C16H15N5O3S/c1-11-6-7-14(25(2,23)24)9-15(11)18-16(22)12-4-3-5-13(8-12)21-10-17-19-20-21/h3-10H,1-2H3,(H,18,22). The third kappa shape index (κ3) is 3.72. The summed E-state index contributed by atoms with van der Waals surface area (Å²) < 4.78 is 24.8. The van der Waals surface area contributed by atoms with E-state index in [9.17, 15) is 13.2 Å². The maximum Gasteiger partial charge on any atom is 0.255 e. The van der Waals surface area contributed by atoms with Gasteiger partial charge >= 0.3 is 0 Å². The summed E-state index contributed by atoms with van der Waals surface area (Å²) in [5, 5.41) is 13.6. The zero-order valence-corrected chi connectivity index (χ0v) is 14.4.